The standard InChI is InChI=1S/C20H29N5O2/c1-3-12-24(13-4-2)16(15-22-23-21)9-7-8-14-25-19(26)17-10-5-6-11-18(17)20(25)27/h5-6,10-11,16H,3-4,7-9,12-15H2,1-2H3. The predicted molar refractivity (Wildman–Crippen MR) is 106 cm³/mol. The molecule has 7 nitrogen and oxygen atoms in total. The van der Waals surface area contributed by atoms with Crippen LogP contribution in [0.25, 0.3) is 10.4 Å². The highest BCUT2D eigenvalue weighted by molar-refractivity contribution is 6.21. The van der Waals surface area contributed by atoms with Crippen LogP contribution in [0.2, 0.25) is 0 Å². The zero-order valence-corrected chi connectivity index (χ0v) is 16.3. The molecule has 1 heterocycles. The minimum atomic E-state index is -0.195. The molecular formula is C20H29N5O2. The lowest BCUT2D eigenvalue weighted by Gasteiger charge is -2.30. The van der Waals surface area contributed by atoms with Gasteiger partial charge in [-0.2, -0.15) is 0 Å². The first kappa shape index (κ1) is 20.9. The lowest BCUT2D eigenvalue weighted by Crippen LogP contribution is -2.38. The average molecular weight is 371 g/mol. The van der Waals surface area contributed by atoms with Gasteiger partial charge in [-0.1, -0.05) is 37.5 Å². The highest BCUT2D eigenvalue weighted by Gasteiger charge is 2.34. The lowest BCUT2D eigenvalue weighted by molar-refractivity contribution is 0.0650. The molecule has 7 heteroatoms. The Kier molecular flexibility index (Phi) is 8.30. The van der Waals surface area contributed by atoms with Gasteiger partial charge in [-0.3, -0.25) is 14.5 Å². The molecule has 27 heavy (non-hydrogen) atoms. The van der Waals surface area contributed by atoms with Crippen molar-refractivity contribution in [3.05, 3.63) is 45.8 Å². The van der Waals surface area contributed by atoms with Crippen molar-refractivity contribution in [1.29, 1.82) is 0 Å². The van der Waals surface area contributed by atoms with Crippen molar-refractivity contribution >= 4 is 11.8 Å². The van der Waals surface area contributed by atoms with Crippen LogP contribution in [0.15, 0.2) is 29.4 Å². The van der Waals surface area contributed by atoms with E-state index < -0.39 is 0 Å². The molecule has 0 saturated heterocycles. The van der Waals surface area contributed by atoms with Crippen LogP contribution in [0.3, 0.4) is 0 Å². The SMILES string of the molecule is CCCN(CCC)C(CCCCN1C(=O)c2ccccc2C1=O)CN=[N+]=[N-]. The van der Waals surface area contributed by atoms with Crippen molar-refractivity contribution in [1.82, 2.24) is 9.80 Å². The third-order valence-electron chi connectivity index (χ3n) is 4.94. The molecule has 0 aliphatic carbocycles. The Morgan fingerprint density at radius 3 is 2.19 bits per heavy atom. The van der Waals surface area contributed by atoms with E-state index >= 15 is 0 Å². The van der Waals surface area contributed by atoms with E-state index in [1.807, 2.05) is 0 Å². The number of imide groups is 1. The number of hydrogen-bond acceptors (Lipinski definition) is 4. The smallest absolute Gasteiger partial charge is 0.261 e. The molecule has 1 aromatic carbocycles. The van der Waals surface area contributed by atoms with Crippen molar-refractivity contribution < 1.29 is 9.59 Å². The summed E-state index contributed by atoms with van der Waals surface area (Å²) in [5.74, 6) is -0.389. The van der Waals surface area contributed by atoms with Crippen LogP contribution in [0.1, 0.15) is 66.7 Å². The highest BCUT2D eigenvalue weighted by atomic mass is 16.2. The number of rotatable bonds is 12. The molecule has 0 radical (unpaired) electrons. The van der Waals surface area contributed by atoms with E-state index in [9.17, 15) is 9.59 Å². The first-order valence-electron chi connectivity index (χ1n) is 9.84. The van der Waals surface area contributed by atoms with Crippen LogP contribution in [0.4, 0.5) is 0 Å². The minimum Gasteiger partial charge on any atom is -0.300 e. The molecule has 0 bridgehead atoms. The number of carbonyl (C=O) groups excluding carboxylic acids is 2. The first-order chi connectivity index (χ1) is 13.1. The van der Waals surface area contributed by atoms with Crippen LogP contribution in [0, 0.1) is 0 Å². The normalized spacial score (nSPS) is 14.4. The largest absolute Gasteiger partial charge is 0.300 e. The maximum atomic E-state index is 12.4. The van der Waals surface area contributed by atoms with Gasteiger partial charge in [-0.15, -0.1) is 0 Å². The Morgan fingerprint density at radius 1 is 1.07 bits per heavy atom. The van der Waals surface area contributed by atoms with Gasteiger partial charge in [0.1, 0.15) is 0 Å². The number of nitrogens with zero attached hydrogens (tertiary/aromatic N) is 5. The Labute approximate surface area is 161 Å². The number of carbonyl (C=O) groups is 2. The molecule has 146 valence electrons. The third-order valence-corrected chi connectivity index (χ3v) is 4.94. The highest BCUT2D eigenvalue weighted by Crippen LogP contribution is 2.23. The number of amides is 2. The summed E-state index contributed by atoms with van der Waals surface area (Å²) in [6.07, 6.45) is 4.64. The maximum Gasteiger partial charge on any atom is 0.261 e. The fourth-order valence-electron chi connectivity index (χ4n) is 3.66. The van der Waals surface area contributed by atoms with E-state index in [4.69, 9.17) is 5.53 Å². The van der Waals surface area contributed by atoms with Gasteiger partial charge in [0.05, 0.1) is 11.1 Å². The number of fused-ring (bicyclic) bond motifs is 1. The molecule has 2 rings (SSSR count). The van der Waals surface area contributed by atoms with Crippen molar-refractivity contribution in [3.63, 3.8) is 0 Å². The summed E-state index contributed by atoms with van der Waals surface area (Å²) in [4.78, 5) is 31.4. The molecule has 0 fully saturated rings. The van der Waals surface area contributed by atoms with Gasteiger partial charge >= 0.3 is 0 Å². The number of unbranched alkanes of at least 4 members (excludes halogenated alkanes) is 1. The molecule has 1 aromatic rings. The molecule has 1 aliphatic heterocycles. The van der Waals surface area contributed by atoms with Gasteiger partial charge in [-0.05, 0) is 56.4 Å². The summed E-state index contributed by atoms with van der Waals surface area (Å²) in [5, 5.41) is 3.79. The summed E-state index contributed by atoms with van der Waals surface area (Å²) >= 11 is 0. The molecule has 1 aliphatic rings. The molecule has 1 atom stereocenters. The van der Waals surface area contributed by atoms with Crippen LogP contribution in [0.5, 0.6) is 0 Å². The lowest BCUT2D eigenvalue weighted by atomic mass is 10.1. The van der Waals surface area contributed by atoms with Gasteiger partial charge in [0, 0.05) is 24.0 Å². The summed E-state index contributed by atoms with van der Waals surface area (Å²) in [7, 11) is 0. The van der Waals surface area contributed by atoms with E-state index in [0.717, 1.165) is 45.2 Å². The molecule has 0 spiro atoms. The second-order valence-corrected chi connectivity index (χ2v) is 6.91. The second-order valence-electron chi connectivity index (χ2n) is 6.91. The molecule has 1 unspecified atom stereocenters. The average Bonchev–Trinajstić information content (AvgIpc) is 2.92. The number of hydrogen-bond donors (Lipinski definition) is 0. The topological polar surface area (TPSA) is 89.4 Å². The fraction of sp³-hybridized carbons (Fsp3) is 0.600. The van der Waals surface area contributed by atoms with E-state index in [1.54, 1.807) is 24.3 Å². The van der Waals surface area contributed by atoms with Gasteiger partial charge in [-0.25, -0.2) is 0 Å². The third kappa shape index (κ3) is 5.31. The zero-order chi connectivity index (χ0) is 19.6. The number of azide groups is 1. The van der Waals surface area contributed by atoms with Crippen molar-refractivity contribution in [3.8, 4) is 0 Å². The van der Waals surface area contributed by atoms with Crippen LogP contribution in [-0.4, -0.2) is 53.8 Å². The van der Waals surface area contributed by atoms with Gasteiger partial charge < -0.3 is 4.90 Å². The maximum absolute atomic E-state index is 12.4. The van der Waals surface area contributed by atoms with Crippen molar-refractivity contribution in [2.75, 3.05) is 26.2 Å². The van der Waals surface area contributed by atoms with Crippen LogP contribution < -0.4 is 0 Å². The molecule has 2 amide bonds. The van der Waals surface area contributed by atoms with Gasteiger partial charge in [0.25, 0.3) is 11.8 Å². The van der Waals surface area contributed by atoms with E-state index in [1.165, 1.54) is 4.90 Å². The van der Waals surface area contributed by atoms with E-state index in [2.05, 4.69) is 28.8 Å². The van der Waals surface area contributed by atoms with Crippen LogP contribution >= 0.6 is 0 Å². The Bertz CT molecular complexity index is 658. The summed E-state index contributed by atoms with van der Waals surface area (Å²) < 4.78 is 0. The molecular weight excluding hydrogens is 342 g/mol. The first-order valence-corrected chi connectivity index (χ1v) is 9.84. The van der Waals surface area contributed by atoms with E-state index in [0.29, 0.717) is 24.2 Å². The van der Waals surface area contributed by atoms with Crippen molar-refractivity contribution in [2.45, 2.75) is 52.0 Å². The second kappa shape index (κ2) is 10.7. The fourth-order valence-corrected chi connectivity index (χ4v) is 3.66. The zero-order valence-electron chi connectivity index (χ0n) is 16.3. The van der Waals surface area contributed by atoms with Gasteiger partial charge in [0.2, 0.25) is 0 Å². The monoisotopic (exact) mass is 371 g/mol. The summed E-state index contributed by atoms with van der Waals surface area (Å²) in [6.45, 7) is 7.16. The Morgan fingerprint density at radius 2 is 1.67 bits per heavy atom. The quantitative estimate of drug-likeness (QED) is 0.181. The van der Waals surface area contributed by atoms with Gasteiger partial charge in [0.15, 0.2) is 0 Å². The molecule has 0 N–H and O–H groups in total. The van der Waals surface area contributed by atoms with Crippen LogP contribution in [-0.2, 0) is 0 Å². The Hall–Kier alpha value is -2.37. The van der Waals surface area contributed by atoms with E-state index in [-0.39, 0.29) is 17.9 Å². The summed E-state index contributed by atoms with van der Waals surface area (Å²) in [6, 6.07) is 7.19. The molecule has 0 saturated carbocycles. The minimum absolute atomic E-state index is 0.195. The predicted octanol–water partition coefficient (Wildman–Crippen LogP) is 4.25. The number of benzene rings is 1. The Balaban J connectivity index is 1.88. The summed E-state index contributed by atoms with van der Waals surface area (Å²) in [5.41, 5.74) is 9.68. The van der Waals surface area contributed by atoms with Crippen molar-refractivity contribution in [2.24, 2.45) is 5.11 Å². The molecule has 0 aromatic heterocycles.